The van der Waals surface area contributed by atoms with Crippen molar-refractivity contribution in [3.05, 3.63) is 52.2 Å². The van der Waals surface area contributed by atoms with Crippen molar-refractivity contribution < 1.29 is 23.9 Å². The molecule has 1 unspecified atom stereocenters. The van der Waals surface area contributed by atoms with Gasteiger partial charge in [-0.05, 0) is 43.2 Å². The molecule has 6 nitrogen and oxygen atoms in total. The maximum absolute atomic E-state index is 13.2. The van der Waals surface area contributed by atoms with E-state index in [0.29, 0.717) is 28.3 Å². The van der Waals surface area contributed by atoms with Gasteiger partial charge in [-0.15, -0.1) is 11.3 Å². The third kappa shape index (κ3) is 5.62. The average molecular weight is 392 g/mol. The number of thiophene rings is 1. The molecule has 0 saturated heterocycles. The molecule has 0 bridgehead atoms. The summed E-state index contributed by atoms with van der Waals surface area (Å²) in [4.78, 5) is 36.1. The Bertz CT molecular complexity index is 850. The van der Waals surface area contributed by atoms with Crippen LogP contribution < -0.4 is 10.6 Å². The normalized spacial score (nSPS) is 11.7. The van der Waals surface area contributed by atoms with Gasteiger partial charge in [-0.3, -0.25) is 14.4 Å². The monoisotopic (exact) mass is 392 g/mol. The number of hydrogen-bond donors (Lipinski definition) is 3. The van der Waals surface area contributed by atoms with Crippen molar-refractivity contribution in [3.63, 3.8) is 0 Å². The van der Waals surface area contributed by atoms with Crippen LogP contribution in [0.25, 0.3) is 0 Å². The fourth-order valence-electron chi connectivity index (χ4n) is 2.54. The van der Waals surface area contributed by atoms with Crippen molar-refractivity contribution in [1.82, 2.24) is 5.32 Å². The lowest BCUT2D eigenvalue weighted by Crippen LogP contribution is -2.32. The number of amides is 2. The number of nitrogens with one attached hydrogen (secondary N) is 2. The van der Waals surface area contributed by atoms with Crippen LogP contribution >= 0.6 is 11.3 Å². The number of carbonyl (C=O) groups is 3. The van der Waals surface area contributed by atoms with E-state index in [1.54, 1.807) is 13.0 Å². The van der Waals surface area contributed by atoms with Crippen molar-refractivity contribution in [2.45, 2.75) is 26.7 Å². The number of anilines is 1. The fourth-order valence-corrected chi connectivity index (χ4v) is 3.52. The molecule has 1 aromatic heterocycles. The predicted molar refractivity (Wildman–Crippen MR) is 102 cm³/mol. The van der Waals surface area contributed by atoms with Gasteiger partial charge in [-0.25, -0.2) is 4.39 Å². The molecule has 0 saturated carbocycles. The second-order valence-corrected chi connectivity index (χ2v) is 7.17. The Morgan fingerprint density at radius 1 is 1.22 bits per heavy atom. The Morgan fingerprint density at radius 2 is 1.96 bits per heavy atom. The minimum absolute atomic E-state index is 0.0460. The molecular weight excluding hydrogens is 371 g/mol. The van der Waals surface area contributed by atoms with Gasteiger partial charge >= 0.3 is 5.97 Å². The van der Waals surface area contributed by atoms with Crippen LogP contribution in [0.5, 0.6) is 0 Å². The molecule has 0 aliphatic heterocycles. The van der Waals surface area contributed by atoms with Gasteiger partial charge in [0.2, 0.25) is 0 Å². The number of rotatable bonds is 8. The highest BCUT2D eigenvalue weighted by Crippen LogP contribution is 2.27. The van der Waals surface area contributed by atoms with Crippen molar-refractivity contribution in [2.75, 3.05) is 11.9 Å². The predicted octanol–water partition coefficient (Wildman–Crippen LogP) is 3.68. The topological polar surface area (TPSA) is 95.5 Å². The zero-order valence-corrected chi connectivity index (χ0v) is 15.9. The molecule has 0 fully saturated rings. The summed E-state index contributed by atoms with van der Waals surface area (Å²) in [6, 6.07) is 6.96. The minimum Gasteiger partial charge on any atom is -0.481 e. The van der Waals surface area contributed by atoms with E-state index < -0.39 is 23.6 Å². The Morgan fingerprint density at radius 3 is 2.59 bits per heavy atom. The number of aliphatic carboxylic acids is 1. The van der Waals surface area contributed by atoms with E-state index in [2.05, 4.69) is 10.6 Å². The van der Waals surface area contributed by atoms with Crippen LogP contribution in [-0.2, 0) is 4.79 Å². The summed E-state index contributed by atoms with van der Waals surface area (Å²) in [6.45, 7) is 3.66. The van der Waals surface area contributed by atoms with E-state index in [0.717, 1.165) is 17.4 Å². The zero-order valence-electron chi connectivity index (χ0n) is 15.0. The molecule has 27 heavy (non-hydrogen) atoms. The number of carbonyl (C=O) groups excluding carboxylic acids is 2. The largest absolute Gasteiger partial charge is 0.481 e. The van der Waals surface area contributed by atoms with Gasteiger partial charge in [-0.1, -0.05) is 19.4 Å². The van der Waals surface area contributed by atoms with Crippen molar-refractivity contribution in [3.8, 4) is 0 Å². The summed E-state index contributed by atoms with van der Waals surface area (Å²) in [5.41, 5.74) is 0.838. The van der Waals surface area contributed by atoms with E-state index in [9.17, 15) is 18.8 Å². The van der Waals surface area contributed by atoms with Crippen LogP contribution in [-0.4, -0.2) is 29.4 Å². The molecular formula is C19H21FN2O4S. The molecule has 0 aliphatic rings. The summed E-state index contributed by atoms with van der Waals surface area (Å²) < 4.78 is 13.2. The molecule has 0 radical (unpaired) electrons. The molecule has 2 amide bonds. The summed E-state index contributed by atoms with van der Waals surface area (Å²) >= 11 is 1.08. The number of carboxylic acid groups (broad SMARTS) is 1. The lowest BCUT2D eigenvalue weighted by molar-refractivity contribution is -0.141. The number of carboxylic acids is 1. The van der Waals surface area contributed by atoms with Gasteiger partial charge in [0.15, 0.2) is 0 Å². The molecule has 0 aliphatic carbocycles. The van der Waals surface area contributed by atoms with Gasteiger partial charge in [0.1, 0.15) is 5.82 Å². The molecule has 1 heterocycles. The smallest absolute Gasteiger partial charge is 0.308 e. The second kappa shape index (κ2) is 9.27. The minimum atomic E-state index is -0.942. The Hall–Kier alpha value is -2.74. The molecule has 144 valence electrons. The lowest BCUT2D eigenvalue weighted by Gasteiger charge is -2.12. The van der Waals surface area contributed by atoms with Crippen molar-refractivity contribution >= 4 is 34.1 Å². The van der Waals surface area contributed by atoms with Gasteiger partial charge in [0, 0.05) is 12.1 Å². The van der Waals surface area contributed by atoms with E-state index >= 15 is 0 Å². The molecule has 8 heteroatoms. The van der Waals surface area contributed by atoms with Crippen LogP contribution in [0.3, 0.4) is 0 Å². The van der Waals surface area contributed by atoms with Crippen LogP contribution in [0.15, 0.2) is 30.3 Å². The summed E-state index contributed by atoms with van der Waals surface area (Å²) in [5.74, 6) is -2.94. The number of aryl methyl sites for hydroxylation is 1. The van der Waals surface area contributed by atoms with Gasteiger partial charge < -0.3 is 15.7 Å². The molecule has 0 spiro atoms. The second-order valence-electron chi connectivity index (χ2n) is 6.12. The summed E-state index contributed by atoms with van der Waals surface area (Å²) in [5, 5.41) is 14.9. The first-order valence-electron chi connectivity index (χ1n) is 8.50. The van der Waals surface area contributed by atoms with Crippen molar-refractivity contribution in [1.29, 1.82) is 0 Å². The standard InChI is InChI=1S/C19H21FN2O4S/c1-3-5-13(19(25)26)10-21-18(24)16-11(2)8-15(27-16)22-17(23)12-6-4-7-14(20)9-12/h4,6-9,13H,3,5,10H2,1-2H3,(H,21,24)(H,22,23)(H,25,26). The lowest BCUT2D eigenvalue weighted by atomic mass is 10.0. The third-order valence-electron chi connectivity index (χ3n) is 3.94. The number of hydrogen-bond acceptors (Lipinski definition) is 4. The highest BCUT2D eigenvalue weighted by Gasteiger charge is 2.20. The molecule has 1 atom stereocenters. The highest BCUT2D eigenvalue weighted by atomic mass is 32.1. The summed E-state index contributed by atoms with van der Waals surface area (Å²) in [6.07, 6.45) is 1.19. The first kappa shape index (κ1) is 20.6. The molecule has 2 aromatic rings. The SMILES string of the molecule is CCCC(CNC(=O)c1sc(NC(=O)c2cccc(F)c2)cc1C)C(=O)O. The van der Waals surface area contributed by atoms with Crippen LogP contribution in [0.1, 0.15) is 45.4 Å². The van der Waals surface area contributed by atoms with E-state index in [4.69, 9.17) is 5.11 Å². The molecule has 1 aromatic carbocycles. The maximum Gasteiger partial charge on any atom is 0.308 e. The van der Waals surface area contributed by atoms with Crippen LogP contribution in [0.2, 0.25) is 0 Å². The highest BCUT2D eigenvalue weighted by molar-refractivity contribution is 7.18. The van der Waals surface area contributed by atoms with Gasteiger partial charge in [-0.2, -0.15) is 0 Å². The number of halogens is 1. The van der Waals surface area contributed by atoms with Crippen molar-refractivity contribution in [2.24, 2.45) is 5.92 Å². The van der Waals surface area contributed by atoms with Crippen LogP contribution in [0, 0.1) is 18.7 Å². The first-order chi connectivity index (χ1) is 12.8. The Labute approximate surface area is 160 Å². The maximum atomic E-state index is 13.2. The molecule has 3 N–H and O–H groups in total. The fraction of sp³-hybridized carbons (Fsp3) is 0.316. The van der Waals surface area contributed by atoms with E-state index in [-0.39, 0.29) is 18.0 Å². The van der Waals surface area contributed by atoms with E-state index in [1.807, 2.05) is 6.92 Å². The molecule has 2 rings (SSSR count). The number of benzene rings is 1. The van der Waals surface area contributed by atoms with Gasteiger partial charge in [0.05, 0.1) is 15.8 Å². The zero-order chi connectivity index (χ0) is 20.0. The van der Waals surface area contributed by atoms with Crippen LogP contribution in [0.4, 0.5) is 9.39 Å². The first-order valence-corrected chi connectivity index (χ1v) is 9.31. The third-order valence-corrected chi connectivity index (χ3v) is 5.09. The quantitative estimate of drug-likeness (QED) is 0.639. The Balaban J connectivity index is 2.03. The van der Waals surface area contributed by atoms with Gasteiger partial charge in [0.25, 0.3) is 11.8 Å². The Kier molecular flexibility index (Phi) is 7.06. The van der Waals surface area contributed by atoms with E-state index in [1.165, 1.54) is 18.2 Å². The summed E-state index contributed by atoms with van der Waals surface area (Å²) in [7, 11) is 0. The average Bonchev–Trinajstić information content (AvgIpc) is 2.98.